The van der Waals surface area contributed by atoms with Gasteiger partial charge in [-0.25, -0.2) is 9.36 Å². The Morgan fingerprint density at radius 1 is 1.17 bits per heavy atom. The molecule has 0 bridgehead atoms. The van der Waals surface area contributed by atoms with E-state index in [9.17, 15) is 0 Å². The fourth-order valence-corrected chi connectivity index (χ4v) is 1.81. The first-order valence-corrected chi connectivity index (χ1v) is 5.50. The average Bonchev–Trinajstić information content (AvgIpc) is 2.97. The monoisotopic (exact) mass is 240 g/mol. The molecule has 0 aliphatic carbocycles. The minimum Gasteiger partial charge on any atom is -0.399 e. The second-order valence-corrected chi connectivity index (χ2v) is 4.01. The zero-order chi connectivity index (χ0) is 12.5. The molecule has 0 amide bonds. The number of nitrogens with two attached hydrogens (primary N) is 1. The van der Waals surface area contributed by atoms with Crippen LogP contribution < -0.4 is 5.73 Å². The SMILES string of the molecule is Cn1nncc1-n1cc(-c2cccc(N)c2)cn1. The molecule has 3 rings (SSSR count). The number of hydrogen-bond donors (Lipinski definition) is 1. The van der Waals surface area contributed by atoms with Gasteiger partial charge in [0.1, 0.15) is 0 Å². The van der Waals surface area contributed by atoms with E-state index in [0.29, 0.717) is 0 Å². The molecule has 2 aromatic heterocycles. The third-order valence-corrected chi connectivity index (χ3v) is 2.73. The van der Waals surface area contributed by atoms with Crippen LogP contribution in [0.2, 0.25) is 0 Å². The van der Waals surface area contributed by atoms with E-state index in [-0.39, 0.29) is 0 Å². The molecule has 0 aliphatic rings. The number of rotatable bonds is 2. The van der Waals surface area contributed by atoms with Crippen molar-refractivity contribution in [1.82, 2.24) is 24.8 Å². The van der Waals surface area contributed by atoms with E-state index in [4.69, 9.17) is 5.73 Å². The lowest BCUT2D eigenvalue weighted by molar-refractivity contribution is 0.672. The molecule has 6 heteroatoms. The first-order chi connectivity index (χ1) is 8.74. The minimum absolute atomic E-state index is 0.738. The predicted octanol–water partition coefficient (Wildman–Crippen LogP) is 1.25. The smallest absolute Gasteiger partial charge is 0.171 e. The Hall–Kier alpha value is -2.63. The lowest BCUT2D eigenvalue weighted by atomic mass is 10.1. The van der Waals surface area contributed by atoms with E-state index in [0.717, 1.165) is 22.6 Å². The minimum atomic E-state index is 0.738. The average molecular weight is 240 g/mol. The van der Waals surface area contributed by atoms with Gasteiger partial charge in [0.2, 0.25) is 0 Å². The number of nitrogen functional groups attached to an aromatic ring is 1. The molecule has 0 atom stereocenters. The summed E-state index contributed by atoms with van der Waals surface area (Å²) in [5.41, 5.74) is 8.55. The molecule has 3 aromatic rings. The summed E-state index contributed by atoms with van der Waals surface area (Å²) in [5.74, 6) is 0.810. The number of anilines is 1. The fourth-order valence-electron chi connectivity index (χ4n) is 1.81. The van der Waals surface area contributed by atoms with Crippen molar-refractivity contribution in [2.24, 2.45) is 7.05 Å². The Kier molecular flexibility index (Phi) is 2.33. The maximum atomic E-state index is 5.77. The van der Waals surface area contributed by atoms with Gasteiger partial charge < -0.3 is 5.73 Å². The molecule has 6 nitrogen and oxygen atoms in total. The highest BCUT2D eigenvalue weighted by molar-refractivity contribution is 5.66. The molecule has 0 spiro atoms. The Morgan fingerprint density at radius 2 is 2.06 bits per heavy atom. The van der Waals surface area contributed by atoms with Crippen LogP contribution in [0, 0.1) is 0 Å². The Bertz CT molecular complexity index is 681. The topological polar surface area (TPSA) is 74.5 Å². The third-order valence-electron chi connectivity index (χ3n) is 2.73. The lowest BCUT2D eigenvalue weighted by Crippen LogP contribution is -2.02. The quantitative estimate of drug-likeness (QED) is 0.684. The number of benzene rings is 1. The molecule has 0 fully saturated rings. The number of aromatic nitrogens is 5. The zero-order valence-electron chi connectivity index (χ0n) is 9.85. The zero-order valence-corrected chi connectivity index (χ0v) is 9.85. The highest BCUT2D eigenvalue weighted by Gasteiger charge is 2.06. The summed E-state index contributed by atoms with van der Waals surface area (Å²) < 4.78 is 3.40. The highest BCUT2D eigenvalue weighted by atomic mass is 15.5. The highest BCUT2D eigenvalue weighted by Crippen LogP contribution is 2.21. The van der Waals surface area contributed by atoms with Crippen molar-refractivity contribution in [3.63, 3.8) is 0 Å². The van der Waals surface area contributed by atoms with Gasteiger partial charge in [0, 0.05) is 24.5 Å². The van der Waals surface area contributed by atoms with Crippen molar-refractivity contribution in [3.8, 4) is 16.9 Å². The summed E-state index contributed by atoms with van der Waals surface area (Å²) in [6.07, 6.45) is 5.38. The summed E-state index contributed by atoms with van der Waals surface area (Å²) in [5, 5.41) is 12.0. The number of aryl methyl sites for hydroxylation is 1. The van der Waals surface area contributed by atoms with Crippen molar-refractivity contribution in [1.29, 1.82) is 0 Å². The van der Waals surface area contributed by atoms with Crippen molar-refractivity contribution in [2.75, 3.05) is 5.73 Å². The molecule has 1 aromatic carbocycles. The van der Waals surface area contributed by atoms with Crippen LogP contribution in [-0.4, -0.2) is 24.8 Å². The van der Waals surface area contributed by atoms with E-state index in [1.165, 1.54) is 0 Å². The normalized spacial score (nSPS) is 10.7. The van der Waals surface area contributed by atoms with Crippen LogP contribution in [0.4, 0.5) is 5.69 Å². The molecule has 2 heterocycles. The van der Waals surface area contributed by atoms with Gasteiger partial charge in [-0.05, 0) is 17.7 Å². The van der Waals surface area contributed by atoms with Crippen molar-refractivity contribution >= 4 is 5.69 Å². The Balaban J connectivity index is 2.02. The first-order valence-electron chi connectivity index (χ1n) is 5.50. The van der Waals surface area contributed by atoms with Crippen LogP contribution in [0.3, 0.4) is 0 Å². The number of hydrogen-bond acceptors (Lipinski definition) is 4. The van der Waals surface area contributed by atoms with Gasteiger partial charge in [0.15, 0.2) is 5.82 Å². The lowest BCUT2D eigenvalue weighted by Gasteiger charge is -1.99. The van der Waals surface area contributed by atoms with E-state index < -0.39 is 0 Å². The standard InChI is InChI=1S/C12H12N6/c1-17-12(7-14-16-17)18-8-10(6-15-18)9-3-2-4-11(13)5-9/h2-8H,13H2,1H3. The van der Waals surface area contributed by atoms with E-state index in [1.807, 2.05) is 37.5 Å². The van der Waals surface area contributed by atoms with Crippen molar-refractivity contribution in [2.45, 2.75) is 0 Å². The summed E-state index contributed by atoms with van der Waals surface area (Å²) >= 11 is 0. The van der Waals surface area contributed by atoms with Crippen LogP contribution >= 0.6 is 0 Å². The molecule has 0 saturated heterocycles. The summed E-state index contributed by atoms with van der Waals surface area (Å²) in [6, 6.07) is 7.70. The second-order valence-electron chi connectivity index (χ2n) is 4.01. The van der Waals surface area contributed by atoms with Gasteiger partial charge >= 0.3 is 0 Å². The molecule has 0 saturated carbocycles. The Morgan fingerprint density at radius 3 is 2.78 bits per heavy atom. The maximum Gasteiger partial charge on any atom is 0.171 e. The molecule has 0 aliphatic heterocycles. The van der Waals surface area contributed by atoms with E-state index in [2.05, 4.69) is 15.4 Å². The summed E-state index contributed by atoms with van der Waals surface area (Å²) in [7, 11) is 1.82. The molecule has 2 N–H and O–H groups in total. The van der Waals surface area contributed by atoms with E-state index in [1.54, 1.807) is 21.8 Å². The summed E-state index contributed by atoms with van der Waals surface area (Å²) in [4.78, 5) is 0. The van der Waals surface area contributed by atoms with Crippen LogP contribution in [0.15, 0.2) is 42.9 Å². The Labute approximate surface area is 104 Å². The van der Waals surface area contributed by atoms with Crippen molar-refractivity contribution in [3.05, 3.63) is 42.9 Å². The molecular weight excluding hydrogens is 228 g/mol. The second kappa shape index (κ2) is 3.99. The van der Waals surface area contributed by atoms with Gasteiger partial charge in [-0.2, -0.15) is 5.10 Å². The van der Waals surface area contributed by atoms with Gasteiger partial charge in [-0.1, -0.05) is 17.3 Å². The van der Waals surface area contributed by atoms with Crippen LogP contribution in [0.1, 0.15) is 0 Å². The first kappa shape index (κ1) is 10.5. The molecule has 0 radical (unpaired) electrons. The van der Waals surface area contributed by atoms with Gasteiger partial charge in [0.25, 0.3) is 0 Å². The fraction of sp³-hybridized carbons (Fsp3) is 0.0833. The van der Waals surface area contributed by atoms with Gasteiger partial charge in [-0.3, -0.25) is 0 Å². The third kappa shape index (κ3) is 1.73. The van der Waals surface area contributed by atoms with Crippen LogP contribution in [0.25, 0.3) is 16.9 Å². The molecule has 0 unspecified atom stereocenters. The van der Waals surface area contributed by atoms with Crippen LogP contribution in [0.5, 0.6) is 0 Å². The summed E-state index contributed by atoms with van der Waals surface area (Å²) in [6.45, 7) is 0. The molecule has 90 valence electrons. The van der Waals surface area contributed by atoms with Gasteiger partial charge in [0.05, 0.1) is 12.4 Å². The maximum absolute atomic E-state index is 5.77. The van der Waals surface area contributed by atoms with E-state index >= 15 is 0 Å². The largest absolute Gasteiger partial charge is 0.399 e. The van der Waals surface area contributed by atoms with Crippen molar-refractivity contribution < 1.29 is 0 Å². The molecule has 18 heavy (non-hydrogen) atoms. The van der Waals surface area contributed by atoms with Gasteiger partial charge in [-0.15, -0.1) is 5.10 Å². The number of nitrogens with zero attached hydrogens (tertiary/aromatic N) is 5. The van der Waals surface area contributed by atoms with Crippen LogP contribution in [-0.2, 0) is 7.05 Å². The molecular formula is C12H12N6. The predicted molar refractivity (Wildman–Crippen MR) is 68.0 cm³/mol.